The number of sulfonamides is 1. The first-order chi connectivity index (χ1) is 16.2. The number of ether oxygens (including phenoxy) is 1. The van der Waals surface area contributed by atoms with Gasteiger partial charge in [0.15, 0.2) is 0 Å². The highest BCUT2D eigenvalue weighted by atomic mass is 32.2. The summed E-state index contributed by atoms with van der Waals surface area (Å²) < 4.78 is 33.5. The smallest absolute Gasteiger partial charge is 0.264 e. The van der Waals surface area contributed by atoms with E-state index in [1.165, 1.54) is 19.2 Å². The van der Waals surface area contributed by atoms with E-state index in [1.54, 1.807) is 24.3 Å². The van der Waals surface area contributed by atoms with Gasteiger partial charge < -0.3 is 10.1 Å². The van der Waals surface area contributed by atoms with Crippen LogP contribution in [-0.4, -0.2) is 28.0 Å². The molecule has 3 aromatic rings. The zero-order valence-corrected chi connectivity index (χ0v) is 20.9. The van der Waals surface area contributed by atoms with Crippen molar-refractivity contribution in [1.82, 2.24) is 5.32 Å². The van der Waals surface area contributed by atoms with Gasteiger partial charge >= 0.3 is 0 Å². The van der Waals surface area contributed by atoms with Gasteiger partial charge in [-0.05, 0) is 61.2 Å². The molecule has 0 aliphatic carbocycles. The lowest BCUT2D eigenvalue weighted by molar-refractivity contribution is -0.120. The van der Waals surface area contributed by atoms with Crippen LogP contribution in [0.3, 0.4) is 0 Å². The second-order valence-electron chi connectivity index (χ2n) is 8.68. The molecule has 3 aromatic carbocycles. The minimum atomic E-state index is -3.99. The molecule has 0 aliphatic heterocycles. The van der Waals surface area contributed by atoms with Gasteiger partial charge in [0, 0.05) is 0 Å². The molecule has 1 atom stereocenters. The van der Waals surface area contributed by atoms with Gasteiger partial charge in [-0.1, -0.05) is 61.9 Å². The Kier molecular flexibility index (Phi) is 8.34. The van der Waals surface area contributed by atoms with E-state index in [0.717, 1.165) is 21.9 Å². The van der Waals surface area contributed by atoms with Crippen molar-refractivity contribution in [2.45, 2.75) is 38.1 Å². The number of anilines is 1. The highest BCUT2D eigenvalue weighted by molar-refractivity contribution is 7.92. The van der Waals surface area contributed by atoms with E-state index in [9.17, 15) is 13.2 Å². The van der Waals surface area contributed by atoms with Crippen molar-refractivity contribution in [2.24, 2.45) is 5.92 Å². The van der Waals surface area contributed by atoms with Crippen molar-refractivity contribution in [3.05, 3.63) is 90.0 Å². The first kappa shape index (κ1) is 25.3. The van der Waals surface area contributed by atoms with Crippen LogP contribution >= 0.6 is 0 Å². The van der Waals surface area contributed by atoms with E-state index < -0.39 is 10.0 Å². The molecule has 0 unspecified atom stereocenters. The van der Waals surface area contributed by atoms with E-state index >= 15 is 0 Å². The first-order valence-corrected chi connectivity index (χ1v) is 12.7. The van der Waals surface area contributed by atoms with Gasteiger partial charge in [0.1, 0.15) is 12.3 Å². The van der Waals surface area contributed by atoms with Crippen LogP contribution in [0.5, 0.6) is 5.75 Å². The zero-order chi connectivity index (χ0) is 24.7. The van der Waals surface area contributed by atoms with Crippen molar-refractivity contribution in [2.75, 3.05) is 18.0 Å². The number of carbonyl (C=O) groups excluding carboxylic acids is 1. The summed E-state index contributed by atoms with van der Waals surface area (Å²) in [5.41, 5.74) is 2.41. The summed E-state index contributed by atoms with van der Waals surface area (Å²) in [5, 5.41) is 3.05. The average Bonchev–Trinajstić information content (AvgIpc) is 2.83. The number of carbonyl (C=O) groups is 1. The Bertz CT molecular complexity index is 1180. The molecular formula is C27H32N2O4S. The van der Waals surface area contributed by atoms with Gasteiger partial charge in [0.25, 0.3) is 10.0 Å². The summed E-state index contributed by atoms with van der Waals surface area (Å²) in [7, 11) is -2.47. The van der Waals surface area contributed by atoms with Gasteiger partial charge in [-0.15, -0.1) is 0 Å². The number of aryl methyl sites for hydroxylation is 1. The molecule has 0 saturated heterocycles. The summed E-state index contributed by atoms with van der Waals surface area (Å²) in [5.74, 6) is 0.534. The minimum Gasteiger partial charge on any atom is -0.497 e. The highest BCUT2D eigenvalue weighted by Crippen LogP contribution is 2.26. The number of rotatable bonds is 10. The molecule has 180 valence electrons. The molecule has 0 spiro atoms. The van der Waals surface area contributed by atoms with E-state index in [0.29, 0.717) is 17.4 Å². The Labute approximate surface area is 202 Å². The van der Waals surface area contributed by atoms with Gasteiger partial charge in [-0.3, -0.25) is 9.10 Å². The maximum atomic E-state index is 13.6. The third-order valence-corrected chi connectivity index (χ3v) is 7.29. The van der Waals surface area contributed by atoms with Gasteiger partial charge in [0.2, 0.25) is 5.91 Å². The van der Waals surface area contributed by atoms with Crippen molar-refractivity contribution in [1.29, 1.82) is 0 Å². The first-order valence-electron chi connectivity index (χ1n) is 11.3. The van der Waals surface area contributed by atoms with Crippen molar-refractivity contribution >= 4 is 21.6 Å². The second kappa shape index (κ2) is 11.2. The van der Waals surface area contributed by atoms with Crippen LogP contribution in [0.2, 0.25) is 0 Å². The fraction of sp³-hybridized carbons (Fsp3) is 0.296. The average molecular weight is 481 g/mol. The standard InChI is InChI=1S/C27H32N2O4S/c1-20(2)18-26(22-8-6-5-7-9-22)28-27(30)19-29(23-12-10-21(3)11-13-23)34(31,32)25-16-14-24(33-4)15-17-25/h5-17,20,26H,18-19H2,1-4H3,(H,28,30)/t26-/m1/s1. The van der Waals surface area contributed by atoms with Gasteiger partial charge in [0.05, 0.1) is 23.7 Å². The number of benzene rings is 3. The van der Waals surface area contributed by atoms with Gasteiger partial charge in [-0.2, -0.15) is 0 Å². The van der Waals surface area contributed by atoms with Crippen LogP contribution in [0.4, 0.5) is 5.69 Å². The molecule has 1 amide bonds. The predicted molar refractivity (Wildman–Crippen MR) is 135 cm³/mol. The highest BCUT2D eigenvalue weighted by Gasteiger charge is 2.28. The van der Waals surface area contributed by atoms with Crippen molar-refractivity contribution < 1.29 is 17.9 Å². The third kappa shape index (κ3) is 6.38. The summed E-state index contributed by atoms with van der Waals surface area (Å²) in [6.45, 7) is 5.78. The minimum absolute atomic E-state index is 0.0865. The Morgan fingerprint density at radius 1 is 0.941 bits per heavy atom. The largest absolute Gasteiger partial charge is 0.497 e. The summed E-state index contributed by atoms with van der Waals surface area (Å²) in [6.07, 6.45) is 0.742. The molecular weight excluding hydrogens is 448 g/mol. The summed E-state index contributed by atoms with van der Waals surface area (Å²) in [4.78, 5) is 13.3. The maximum absolute atomic E-state index is 13.6. The predicted octanol–water partition coefficient (Wildman–Crippen LogP) is 5.10. The number of hydrogen-bond donors (Lipinski definition) is 1. The van der Waals surface area contributed by atoms with Crippen LogP contribution in [0.15, 0.2) is 83.8 Å². The summed E-state index contributed by atoms with van der Waals surface area (Å²) in [6, 6.07) is 22.8. The van der Waals surface area contributed by atoms with E-state index in [-0.39, 0.29) is 23.4 Å². The Hall–Kier alpha value is -3.32. The lowest BCUT2D eigenvalue weighted by atomic mass is 9.97. The van der Waals surface area contributed by atoms with Crippen molar-refractivity contribution in [3.8, 4) is 5.75 Å². The molecule has 7 heteroatoms. The van der Waals surface area contributed by atoms with Crippen LogP contribution in [-0.2, 0) is 14.8 Å². The Balaban J connectivity index is 1.91. The SMILES string of the molecule is COc1ccc(S(=O)(=O)N(CC(=O)N[C@H](CC(C)C)c2ccccc2)c2ccc(C)cc2)cc1. The fourth-order valence-electron chi connectivity index (χ4n) is 3.71. The number of amides is 1. The number of hydrogen-bond acceptors (Lipinski definition) is 4. The molecule has 3 rings (SSSR count). The van der Waals surface area contributed by atoms with Crippen LogP contribution in [0.25, 0.3) is 0 Å². The van der Waals surface area contributed by atoms with Crippen molar-refractivity contribution in [3.63, 3.8) is 0 Å². The van der Waals surface area contributed by atoms with Crippen LogP contribution in [0.1, 0.15) is 37.4 Å². The zero-order valence-electron chi connectivity index (χ0n) is 20.1. The topological polar surface area (TPSA) is 75.7 Å². The number of nitrogens with zero attached hydrogens (tertiary/aromatic N) is 1. The number of methoxy groups -OCH3 is 1. The fourth-order valence-corrected chi connectivity index (χ4v) is 5.13. The molecule has 0 aliphatic rings. The molecule has 0 fully saturated rings. The van der Waals surface area contributed by atoms with Crippen LogP contribution < -0.4 is 14.4 Å². The van der Waals surface area contributed by atoms with E-state index in [2.05, 4.69) is 19.2 Å². The molecule has 0 radical (unpaired) electrons. The molecule has 1 N–H and O–H groups in total. The van der Waals surface area contributed by atoms with Crippen LogP contribution in [0, 0.1) is 12.8 Å². The summed E-state index contributed by atoms with van der Waals surface area (Å²) >= 11 is 0. The maximum Gasteiger partial charge on any atom is 0.264 e. The number of nitrogens with one attached hydrogen (secondary N) is 1. The molecule has 0 aromatic heterocycles. The van der Waals surface area contributed by atoms with E-state index in [4.69, 9.17) is 4.74 Å². The molecule has 6 nitrogen and oxygen atoms in total. The monoisotopic (exact) mass is 480 g/mol. The molecule has 34 heavy (non-hydrogen) atoms. The normalized spacial score (nSPS) is 12.3. The lowest BCUT2D eigenvalue weighted by Gasteiger charge is -2.26. The molecule has 0 bridgehead atoms. The molecule has 0 saturated carbocycles. The lowest BCUT2D eigenvalue weighted by Crippen LogP contribution is -2.42. The third-order valence-electron chi connectivity index (χ3n) is 5.50. The molecule has 0 heterocycles. The quantitative estimate of drug-likeness (QED) is 0.438. The van der Waals surface area contributed by atoms with E-state index in [1.807, 2.05) is 49.4 Å². The Morgan fingerprint density at radius 3 is 2.12 bits per heavy atom. The van der Waals surface area contributed by atoms with Gasteiger partial charge in [-0.25, -0.2) is 8.42 Å². The second-order valence-corrected chi connectivity index (χ2v) is 10.5. The Morgan fingerprint density at radius 2 is 1.56 bits per heavy atom.